The molecule has 0 aliphatic rings. The van der Waals surface area contributed by atoms with Gasteiger partial charge in [-0.1, -0.05) is 0 Å². The second-order valence-electron chi connectivity index (χ2n) is 2.29. The molecule has 74 valence electrons. The van der Waals surface area contributed by atoms with E-state index in [1.165, 1.54) is 6.07 Å². The smallest absolute Gasteiger partial charge is 0.207 e. The molecule has 0 saturated heterocycles. The van der Waals surface area contributed by atoms with Gasteiger partial charge in [-0.25, -0.2) is 17.2 Å². The van der Waals surface area contributed by atoms with E-state index < -0.39 is 31.1 Å². The third-order valence-corrected chi connectivity index (χ3v) is 2.77. The molecule has 0 aliphatic heterocycles. The molecule has 0 spiro atoms. The molecule has 3 nitrogen and oxygen atoms in total. The lowest BCUT2D eigenvalue weighted by atomic mass is 10.2. The summed E-state index contributed by atoms with van der Waals surface area (Å²) in [6.45, 7) is 0. The second kappa shape index (κ2) is 3.52. The van der Waals surface area contributed by atoms with Gasteiger partial charge >= 0.3 is 0 Å². The third-order valence-electron chi connectivity index (χ3n) is 1.43. The average molecular weight is 238 g/mol. The van der Waals surface area contributed by atoms with Crippen LogP contribution in [0.4, 0.5) is 8.78 Å². The third kappa shape index (κ3) is 1.84. The van der Waals surface area contributed by atoms with Crippen LogP contribution in [0.3, 0.4) is 0 Å². The molecule has 0 aromatic heterocycles. The van der Waals surface area contributed by atoms with Gasteiger partial charge in [0.15, 0.2) is 11.6 Å². The molecule has 0 saturated carbocycles. The minimum atomic E-state index is -4.33. The Kier molecular flexibility index (Phi) is 2.73. The van der Waals surface area contributed by atoms with Crippen LogP contribution in [0.1, 0.15) is 5.56 Å². The van der Waals surface area contributed by atoms with Crippen LogP contribution >= 0.6 is 10.7 Å². The Hall–Kier alpha value is -1.19. The van der Waals surface area contributed by atoms with Crippen LogP contribution in [0.25, 0.3) is 0 Å². The highest BCUT2D eigenvalue weighted by atomic mass is 35.7. The van der Waals surface area contributed by atoms with Crippen molar-refractivity contribution in [3.05, 3.63) is 29.3 Å². The van der Waals surface area contributed by atoms with Crippen molar-refractivity contribution in [2.45, 2.75) is 4.90 Å². The summed E-state index contributed by atoms with van der Waals surface area (Å²) >= 11 is 0. The molecule has 14 heavy (non-hydrogen) atoms. The number of rotatable bonds is 1. The quantitative estimate of drug-likeness (QED) is 0.700. The van der Waals surface area contributed by atoms with Crippen LogP contribution in [0.2, 0.25) is 0 Å². The predicted molar refractivity (Wildman–Crippen MR) is 44.1 cm³/mol. The zero-order valence-electron chi connectivity index (χ0n) is 6.46. The van der Waals surface area contributed by atoms with Crippen LogP contribution in [-0.4, -0.2) is 8.42 Å². The van der Waals surface area contributed by atoms with Crippen LogP contribution in [-0.2, 0) is 9.05 Å². The average Bonchev–Trinajstić information content (AvgIpc) is 2.07. The van der Waals surface area contributed by atoms with Gasteiger partial charge in [0.25, 0.3) is 9.05 Å². The summed E-state index contributed by atoms with van der Waals surface area (Å²) in [5, 5.41) is 8.30. The van der Waals surface area contributed by atoms with E-state index in [4.69, 9.17) is 15.9 Å². The maximum atomic E-state index is 13.0. The largest absolute Gasteiger partial charge is 0.264 e. The Balaban J connectivity index is 3.57. The summed E-state index contributed by atoms with van der Waals surface area (Å²) < 4.78 is 47.2. The molecule has 0 amide bonds. The molecular formula is C7H2ClF2NO2S. The Morgan fingerprint density at radius 2 is 1.86 bits per heavy atom. The molecule has 0 unspecified atom stereocenters. The van der Waals surface area contributed by atoms with Crippen LogP contribution in [0.5, 0.6) is 0 Å². The van der Waals surface area contributed by atoms with E-state index in [0.29, 0.717) is 0 Å². The molecule has 1 aromatic rings. The number of halogens is 3. The van der Waals surface area contributed by atoms with Crippen molar-refractivity contribution in [1.29, 1.82) is 5.26 Å². The molecule has 0 heterocycles. The van der Waals surface area contributed by atoms with E-state index in [1.807, 2.05) is 0 Å². The Bertz CT molecular complexity index is 521. The second-order valence-corrected chi connectivity index (χ2v) is 4.82. The van der Waals surface area contributed by atoms with Crippen molar-refractivity contribution in [1.82, 2.24) is 0 Å². The molecule has 0 aliphatic carbocycles. The minimum absolute atomic E-state index is 0.577. The number of nitrogens with zero attached hydrogens (tertiary/aromatic N) is 1. The van der Waals surface area contributed by atoms with Gasteiger partial charge in [-0.3, -0.25) is 0 Å². The minimum Gasteiger partial charge on any atom is -0.207 e. The lowest BCUT2D eigenvalue weighted by Crippen LogP contribution is -2.00. The lowest BCUT2D eigenvalue weighted by molar-refractivity contribution is 0.484. The number of nitriles is 1. The highest BCUT2D eigenvalue weighted by molar-refractivity contribution is 8.13. The predicted octanol–water partition coefficient (Wildman–Crippen LogP) is 1.76. The first kappa shape index (κ1) is 10.9. The van der Waals surface area contributed by atoms with Gasteiger partial charge < -0.3 is 0 Å². The monoisotopic (exact) mass is 237 g/mol. The topological polar surface area (TPSA) is 57.9 Å². The van der Waals surface area contributed by atoms with Crippen LogP contribution in [0.15, 0.2) is 17.0 Å². The van der Waals surface area contributed by atoms with Gasteiger partial charge in [-0.05, 0) is 12.1 Å². The molecule has 1 aromatic carbocycles. The zero-order chi connectivity index (χ0) is 10.9. The molecular weight excluding hydrogens is 236 g/mol. The maximum absolute atomic E-state index is 13.0. The molecule has 0 radical (unpaired) electrons. The van der Waals surface area contributed by atoms with E-state index in [1.54, 1.807) is 0 Å². The van der Waals surface area contributed by atoms with Gasteiger partial charge in [0.2, 0.25) is 0 Å². The van der Waals surface area contributed by atoms with E-state index in [2.05, 4.69) is 0 Å². The van der Waals surface area contributed by atoms with Crippen LogP contribution in [0, 0.1) is 23.0 Å². The van der Waals surface area contributed by atoms with Crippen molar-refractivity contribution in [2.75, 3.05) is 0 Å². The van der Waals surface area contributed by atoms with E-state index in [-0.39, 0.29) is 0 Å². The Morgan fingerprint density at radius 3 is 2.29 bits per heavy atom. The number of benzene rings is 1. The molecule has 0 atom stereocenters. The summed E-state index contributed by atoms with van der Waals surface area (Å²) in [6, 6.07) is 2.94. The van der Waals surface area contributed by atoms with Gasteiger partial charge in [-0.15, -0.1) is 0 Å². The van der Waals surface area contributed by atoms with Crippen molar-refractivity contribution < 1.29 is 17.2 Å². The van der Waals surface area contributed by atoms with E-state index >= 15 is 0 Å². The molecule has 1 rings (SSSR count). The van der Waals surface area contributed by atoms with Crippen molar-refractivity contribution in [3.8, 4) is 6.07 Å². The standard InChI is InChI=1S/C7H2ClF2NO2S/c8-14(12,13)5-2-1-4(3-11)6(9)7(5)10/h1-2H. The molecule has 0 fully saturated rings. The summed E-state index contributed by atoms with van der Waals surface area (Å²) in [7, 11) is 0.481. The van der Waals surface area contributed by atoms with E-state index in [0.717, 1.165) is 12.1 Å². The van der Waals surface area contributed by atoms with Crippen molar-refractivity contribution >= 4 is 19.7 Å². The van der Waals surface area contributed by atoms with Gasteiger partial charge in [-0.2, -0.15) is 5.26 Å². The fourth-order valence-electron chi connectivity index (χ4n) is 0.806. The number of hydrogen-bond acceptors (Lipinski definition) is 3. The first-order valence-corrected chi connectivity index (χ1v) is 5.51. The fourth-order valence-corrected chi connectivity index (χ4v) is 1.70. The number of hydrogen-bond donors (Lipinski definition) is 0. The highest BCUT2D eigenvalue weighted by Gasteiger charge is 2.21. The molecule has 0 bridgehead atoms. The maximum Gasteiger partial charge on any atom is 0.264 e. The summed E-state index contributed by atoms with van der Waals surface area (Å²) in [5.41, 5.74) is -0.577. The zero-order valence-corrected chi connectivity index (χ0v) is 8.03. The first-order valence-electron chi connectivity index (χ1n) is 3.20. The van der Waals surface area contributed by atoms with Crippen molar-refractivity contribution in [3.63, 3.8) is 0 Å². The normalized spacial score (nSPS) is 11.0. The highest BCUT2D eigenvalue weighted by Crippen LogP contribution is 2.22. The summed E-state index contributed by atoms with van der Waals surface area (Å²) in [5.74, 6) is -3.16. The first-order chi connectivity index (χ1) is 6.38. The lowest BCUT2D eigenvalue weighted by Gasteiger charge is -2.00. The van der Waals surface area contributed by atoms with Gasteiger partial charge in [0.1, 0.15) is 11.0 Å². The van der Waals surface area contributed by atoms with Gasteiger partial charge in [0, 0.05) is 10.7 Å². The van der Waals surface area contributed by atoms with Crippen LogP contribution < -0.4 is 0 Å². The Labute approximate surface area is 83.0 Å². The summed E-state index contributed by atoms with van der Waals surface area (Å²) in [6.07, 6.45) is 0. The van der Waals surface area contributed by atoms with Crippen molar-refractivity contribution in [2.24, 2.45) is 0 Å². The van der Waals surface area contributed by atoms with Gasteiger partial charge in [0.05, 0.1) is 5.56 Å². The molecule has 0 N–H and O–H groups in total. The van der Waals surface area contributed by atoms with E-state index in [9.17, 15) is 17.2 Å². The Morgan fingerprint density at radius 1 is 1.29 bits per heavy atom. The summed E-state index contributed by atoms with van der Waals surface area (Å²) in [4.78, 5) is -0.976. The molecule has 7 heteroatoms. The SMILES string of the molecule is N#Cc1ccc(S(=O)(=O)Cl)c(F)c1F. The fraction of sp³-hybridized carbons (Fsp3) is 0.